The van der Waals surface area contributed by atoms with Gasteiger partial charge in [-0.1, -0.05) is 66.6 Å². The summed E-state index contributed by atoms with van der Waals surface area (Å²) in [6, 6.07) is 18.2. The predicted molar refractivity (Wildman–Crippen MR) is 166 cm³/mol. The number of halogens is 1. The van der Waals surface area contributed by atoms with Crippen LogP contribution in [0, 0.1) is 20.8 Å². The number of amides is 2. The number of hydrogen-bond donors (Lipinski definition) is 1. The molecular formula is C32H40ClN3O4S. The Hall–Kier alpha value is -3.36. The Bertz CT molecular complexity index is 1500. The molecule has 0 aliphatic heterocycles. The molecular weight excluding hydrogens is 558 g/mol. The van der Waals surface area contributed by atoms with Crippen molar-refractivity contribution in [3.8, 4) is 0 Å². The van der Waals surface area contributed by atoms with Crippen LogP contribution in [0.25, 0.3) is 0 Å². The van der Waals surface area contributed by atoms with E-state index in [-0.39, 0.29) is 17.3 Å². The van der Waals surface area contributed by atoms with Crippen molar-refractivity contribution in [1.82, 2.24) is 10.2 Å². The molecule has 3 aromatic carbocycles. The first-order valence-electron chi connectivity index (χ1n) is 13.7. The van der Waals surface area contributed by atoms with Crippen LogP contribution in [-0.2, 0) is 26.2 Å². The second-order valence-electron chi connectivity index (χ2n) is 11.3. The third-order valence-electron chi connectivity index (χ3n) is 6.92. The zero-order valence-electron chi connectivity index (χ0n) is 24.9. The molecule has 0 aromatic heterocycles. The van der Waals surface area contributed by atoms with Crippen molar-refractivity contribution in [3.05, 3.63) is 94.0 Å². The Balaban J connectivity index is 2.13. The summed E-state index contributed by atoms with van der Waals surface area (Å²) in [4.78, 5) is 29.2. The smallest absolute Gasteiger partial charge is 0.264 e. The van der Waals surface area contributed by atoms with Gasteiger partial charge in [-0.2, -0.15) is 0 Å². The van der Waals surface area contributed by atoms with Gasteiger partial charge in [-0.25, -0.2) is 8.42 Å². The normalized spacial score (nSPS) is 12.5. The van der Waals surface area contributed by atoms with Crippen molar-refractivity contribution in [2.45, 2.75) is 77.9 Å². The molecule has 41 heavy (non-hydrogen) atoms. The van der Waals surface area contributed by atoms with Gasteiger partial charge >= 0.3 is 0 Å². The minimum Gasteiger partial charge on any atom is -0.350 e. The number of nitrogens with zero attached hydrogens (tertiary/aromatic N) is 2. The molecule has 0 spiro atoms. The van der Waals surface area contributed by atoms with Crippen molar-refractivity contribution in [2.75, 3.05) is 10.8 Å². The highest BCUT2D eigenvalue weighted by atomic mass is 35.5. The number of nitrogens with one attached hydrogen (secondary N) is 1. The standard InChI is InChI=1S/C32H40ClN3O4S/c1-8-28(31(38)34-32(5,6)7)35(20-25-13-9-10-14-27(25)33)30(37)21-36(29-15-11-12-23(3)24(29)4)41(39,40)26-18-16-22(2)17-19-26/h9-19,28H,8,20-21H2,1-7H3,(H,34,38). The van der Waals surface area contributed by atoms with Crippen LogP contribution in [0.15, 0.2) is 71.6 Å². The fourth-order valence-corrected chi connectivity index (χ4v) is 6.21. The van der Waals surface area contributed by atoms with Crippen molar-refractivity contribution < 1.29 is 18.0 Å². The lowest BCUT2D eigenvalue weighted by molar-refractivity contribution is -0.141. The van der Waals surface area contributed by atoms with E-state index in [0.717, 1.165) is 21.0 Å². The van der Waals surface area contributed by atoms with E-state index in [0.29, 0.717) is 22.7 Å². The first-order valence-corrected chi connectivity index (χ1v) is 15.5. The molecule has 0 fully saturated rings. The van der Waals surface area contributed by atoms with E-state index in [1.54, 1.807) is 54.6 Å². The lowest BCUT2D eigenvalue weighted by Crippen LogP contribution is -2.55. The predicted octanol–water partition coefficient (Wildman–Crippen LogP) is 6.18. The summed E-state index contributed by atoms with van der Waals surface area (Å²) >= 11 is 6.47. The van der Waals surface area contributed by atoms with Crippen LogP contribution in [0.4, 0.5) is 5.69 Å². The number of aryl methyl sites for hydroxylation is 2. The SMILES string of the molecule is CCC(C(=O)NC(C)(C)C)N(Cc1ccccc1Cl)C(=O)CN(c1cccc(C)c1C)S(=O)(=O)c1ccc(C)cc1. The van der Waals surface area contributed by atoms with Crippen LogP contribution in [0.1, 0.15) is 56.4 Å². The molecule has 3 aromatic rings. The first kappa shape index (κ1) is 32.2. The molecule has 0 aliphatic rings. The number of hydrogen-bond acceptors (Lipinski definition) is 4. The number of carbonyl (C=O) groups excluding carboxylic acids is 2. The highest BCUT2D eigenvalue weighted by molar-refractivity contribution is 7.92. The number of sulfonamides is 1. The van der Waals surface area contributed by atoms with Crippen LogP contribution < -0.4 is 9.62 Å². The number of anilines is 1. The molecule has 0 saturated carbocycles. The topological polar surface area (TPSA) is 86.8 Å². The van der Waals surface area contributed by atoms with Crippen LogP contribution in [0.3, 0.4) is 0 Å². The van der Waals surface area contributed by atoms with Gasteiger partial charge in [0.05, 0.1) is 10.6 Å². The van der Waals surface area contributed by atoms with Crippen LogP contribution in [0.5, 0.6) is 0 Å². The molecule has 220 valence electrons. The highest BCUT2D eigenvalue weighted by Gasteiger charge is 2.35. The maximum absolute atomic E-state index is 14.2. The maximum atomic E-state index is 14.2. The zero-order chi connectivity index (χ0) is 30.5. The zero-order valence-corrected chi connectivity index (χ0v) is 26.4. The highest BCUT2D eigenvalue weighted by Crippen LogP contribution is 2.30. The minimum atomic E-state index is -4.14. The molecule has 1 unspecified atom stereocenters. The van der Waals surface area contributed by atoms with E-state index >= 15 is 0 Å². The average Bonchev–Trinajstić information content (AvgIpc) is 2.89. The number of carbonyl (C=O) groups is 2. The Kier molecular flexibility index (Phi) is 10.3. The van der Waals surface area contributed by atoms with Crippen molar-refractivity contribution in [1.29, 1.82) is 0 Å². The molecule has 0 bridgehead atoms. The van der Waals surface area contributed by atoms with Gasteiger partial charge in [0, 0.05) is 17.1 Å². The van der Waals surface area contributed by atoms with Gasteiger partial charge in [0.1, 0.15) is 12.6 Å². The van der Waals surface area contributed by atoms with E-state index in [4.69, 9.17) is 11.6 Å². The average molecular weight is 598 g/mol. The summed E-state index contributed by atoms with van der Waals surface area (Å²) in [5.41, 5.74) is 3.09. The summed E-state index contributed by atoms with van der Waals surface area (Å²) in [6.45, 7) is 12.6. The van der Waals surface area contributed by atoms with Crippen molar-refractivity contribution in [2.24, 2.45) is 0 Å². The van der Waals surface area contributed by atoms with Gasteiger partial charge in [0.15, 0.2) is 0 Å². The third kappa shape index (κ3) is 7.89. The Morgan fingerprint density at radius 2 is 1.56 bits per heavy atom. The summed E-state index contributed by atoms with van der Waals surface area (Å²) in [5.74, 6) is -0.836. The lowest BCUT2D eigenvalue weighted by atomic mass is 10.1. The molecule has 0 radical (unpaired) electrons. The molecule has 2 amide bonds. The molecule has 0 saturated heterocycles. The molecule has 1 N–H and O–H groups in total. The summed E-state index contributed by atoms with van der Waals surface area (Å²) in [6.07, 6.45) is 0.326. The molecule has 7 nitrogen and oxygen atoms in total. The van der Waals surface area contributed by atoms with Gasteiger partial charge in [0.25, 0.3) is 10.0 Å². The van der Waals surface area contributed by atoms with Gasteiger partial charge in [0.2, 0.25) is 11.8 Å². The molecule has 0 heterocycles. The second-order valence-corrected chi connectivity index (χ2v) is 13.6. The quantitative estimate of drug-likeness (QED) is 0.302. The Morgan fingerprint density at radius 1 is 0.927 bits per heavy atom. The molecule has 1 atom stereocenters. The van der Waals surface area contributed by atoms with Crippen molar-refractivity contribution in [3.63, 3.8) is 0 Å². The van der Waals surface area contributed by atoms with E-state index in [9.17, 15) is 18.0 Å². The van der Waals surface area contributed by atoms with Crippen molar-refractivity contribution >= 4 is 39.1 Å². The van der Waals surface area contributed by atoms with E-state index in [1.165, 1.54) is 4.90 Å². The van der Waals surface area contributed by atoms with Gasteiger partial charge in [-0.15, -0.1) is 0 Å². The fraction of sp³-hybridized carbons (Fsp3) is 0.375. The fourth-order valence-electron chi connectivity index (χ4n) is 4.54. The lowest BCUT2D eigenvalue weighted by Gasteiger charge is -2.35. The second kappa shape index (κ2) is 13.1. The number of benzene rings is 3. The number of rotatable bonds is 10. The monoisotopic (exact) mass is 597 g/mol. The van der Waals surface area contributed by atoms with Gasteiger partial charge in [-0.3, -0.25) is 13.9 Å². The van der Waals surface area contributed by atoms with E-state index in [2.05, 4.69) is 5.32 Å². The maximum Gasteiger partial charge on any atom is 0.264 e. The van der Waals surface area contributed by atoms with Crippen LogP contribution in [0.2, 0.25) is 5.02 Å². The molecule has 9 heteroatoms. The van der Waals surface area contributed by atoms with Crippen LogP contribution in [-0.4, -0.2) is 43.3 Å². The largest absolute Gasteiger partial charge is 0.350 e. The first-order chi connectivity index (χ1) is 19.2. The Labute approximate surface area is 249 Å². The third-order valence-corrected chi connectivity index (χ3v) is 9.06. The van der Waals surface area contributed by atoms with Gasteiger partial charge in [-0.05, 0) is 88.9 Å². The molecule has 3 rings (SSSR count). The Morgan fingerprint density at radius 3 is 2.15 bits per heavy atom. The minimum absolute atomic E-state index is 0.0415. The molecule has 0 aliphatic carbocycles. The van der Waals surface area contributed by atoms with Crippen LogP contribution >= 0.6 is 11.6 Å². The van der Waals surface area contributed by atoms with E-state index < -0.39 is 34.1 Å². The summed E-state index contributed by atoms with van der Waals surface area (Å²) < 4.78 is 29.3. The summed E-state index contributed by atoms with van der Waals surface area (Å²) in [5, 5.41) is 3.42. The van der Waals surface area contributed by atoms with E-state index in [1.807, 2.05) is 60.6 Å². The van der Waals surface area contributed by atoms with Gasteiger partial charge < -0.3 is 10.2 Å². The summed E-state index contributed by atoms with van der Waals surface area (Å²) in [7, 11) is -4.14.